The molecular weight excluding hydrogens is 593 g/mol. The predicted octanol–water partition coefficient (Wildman–Crippen LogP) is 5.68. The highest BCUT2D eigenvalue weighted by Crippen LogP contribution is 2.38. The summed E-state index contributed by atoms with van der Waals surface area (Å²) in [7, 11) is 5.21. The third-order valence-corrected chi connectivity index (χ3v) is 7.33. The SMILES string of the molecule is CCC(c1ncc(C(F)(F)F)cc1CN(Cc1cc(C(F)(F)F)cc(C(F)(F)F)c1)/C(N)=N/NC)N1CC[C@@H](N(C)C)C1. The number of benzene rings is 1. The van der Waals surface area contributed by atoms with Crippen LogP contribution in [0.25, 0.3) is 0 Å². The second-order valence-corrected chi connectivity index (χ2v) is 10.6. The fourth-order valence-corrected chi connectivity index (χ4v) is 5.14. The Bertz CT molecular complexity index is 1240. The number of nitrogens with two attached hydrogens (primary N) is 1. The number of alkyl halides is 9. The zero-order chi connectivity index (χ0) is 32.3. The molecule has 1 fully saturated rings. The van der Waals surface area contributed by atoms with Gasteiger partial charge in [0, 0.05) is 45.5 Å². The van der Waals surface area contributed by atoms with Crippen molar-refractivity contribution in [3.63, 3.8) is 0 Å². The van der Waals surface area contributed by atoms with Crippen molar-refractivity contribution in [3.05, 3.63) is 64.0 Å². The number of hydrogen-bond donors (Lipinski definition) is 2. The summed E-state index contributed by atoms with van der Waals surface area (Å²) < 4.78 is 122. The fraction of sp³-hybridized carbons (Fsp3) is 0.556. The maximum absolute atomic E-state index is 13.8. The number of hydrogen-bond acceptors (Lipinski definition) is 5. The van der Waals surface area contributed by atoms with Crippen molar-refractivity contribution in [2.45, 2.75) is 63.5 Å². The average molecular weight is 628 g/mol. The number of rotatable bonds is 9. The molecule has 7 nitrogen and oxygen atoms in total. The number of likely N-dealkylation sites (N-methyl/N-ethyl adjacent to an activating group) is 1. The molecule has 0 aliphatic carbocycles. The van der Waals surface area contributed by atoms with Crippen LogP contribution < -0.4 is 11.2 Å². The van der Waals surface area contributed by atoms with Gasteiger partial charge in [-0.3, -0.25) is 9.88 Å². The molecule has 1 aliphatic rings. The smallest absolute Gasteiger partial charge is 0.368 e. The first kappa shape index (κ1) is 34.2. The first-order valence-electron chi connectivity index (χ1n) is 13.3. The molecule has 43 heavy (non-hydrogen) atoms. The van der Waals surface area contributed by atoms with E-state index < -0.39 is 59.9 Å². The molecule has 1 aromatic heterocycles. The quantitative estimate of drug-likeness (QED) is 0.162. The molecule has 1 aliphatic heterocycles. The fourth-order valence-electron chi connectivity index (χ4n) is 5.14. The Hall–Kier alpha value is -3.27. The highest BCUT2D eigenvalue weighted by Gasteiger charge is 2.38. The molecule has 3 rings (SSSR count). The number of pyridine rings is 1. The zero-order valence-corrected chi connectivity index (χ0v) is 24.0. The van der Waals surface area contributed by atoms with E-state index in [1.165, 1.54) is 7.05 Å². The Balaban J connectivity index is 2.11. The van der Waals surface area contributed by atoms with Crippen LogP contribution in [0, 0.1) is 0 Å². The van der Waals surface area contributed by atoms with Crippen molar-refractivity contribution in [3.8, 4) is 0 Å². The summed E-state index contributed by atoms with van der Waals surface area (Å²) in [6.07, 6.45) is -12.9. The number of halogens is 9. The minimum Gasteiger partial charge on any atom is -0.368 e. The van der Waals surface area contributed by atoms with Gasteiger partial charge < -0.3 is 21.0 Å². The van der Waals surface area contributed by atoms with Gasteiger partial charge in [-0.1, -0.05) is 6.92 Å². The third-order valence-electron chi connectivity index (χ3n) is 7.33. The van der Waals surface area contributed by atoms with Gasteiger partial charge in [0.05, 0.1) is 28.4 Å². The first-order chi connectivity index (χ1) is 19.8. The molecule has 0 spiro atoms. The molecule has 1 unspecified atom stereocenters. The van der Waals surface area contributed by atoms with E-state index in [1.807, 2.05) is 21.0 Å². The first-order valence-corrected chi connectivity index (χ1v) is 13.3. The second-order valence-electron chi connectivity index (χ2n) is 10.6. The Kier molecular flexibility index (Phi) is 10.5. The second kappa shape index (κ2) is 13.2. The third kappa shape index (κ3) is 8.65. The lowest BCUT2D eigenvalue weighted by Gasteiger charge is -2.31. The van der Waals surface area contributed by atoms with E-state index in [1.54, 1.807) is 0 Å². The number of aromatic nitrogens is 1. The lowest BCUT2D eigenvalue weighted by molar-refractivity contribution is -0.143. The van der Waals surface area contributed by atoms with Crippen LogP contribution in [-0.2, 0) is 31.6 Å². The monoisotopic (exact) mass is 627 g/mol. The van der Waals surface area contributed by atoms with E-state index >= 15 is 0 Å². The van der Waals surface area contributed by atoms with Crippen molar-refractivity contribution in [2.75, 3.05) is 34.2 Å². The maximum atomic E-state index is 13.8. The van der Waals surface area contributed by atoms with E-state index in [-0.39, 0.29) is 23.6 Å². The van der Waals surface area contributed by atoms with E-state index in [0.29, 0.717) is 37.3 Å². The van der Waals surface area contributed by atoms with Crippen LogP contribution in [0.1, 0.15) is 59.3 Å². The van der Waals surface area contributed by atoms with Crippen molar-refractivity contribution in [1.82, 2.24) is 25.1 Å². The van der Waals surface area contributed by atoms with E-state index in [4.69, 9.17) is 5.73 Å². The van der Waals surface area contributed by atoms with Crippen molar-refractivity contribution >= 4 is 5.96 Å². The molecule has 2 atom stereocenters. The minimum atomic E-state index is -5.09. The molecule has 0 radical (unpaired) electrons. The number of nitrogens with zero attached hydrogens (tertiary/aromatic N) is 5. The molecule has 0 saturated carbocycles. The Morgan fingerprint density at radius 2 is 1.56 bits per heavy atom. The molecule has 1 saturated heterocycles. The molecular formula is C27H34F9N7. The average Bonchev–Trinajstić information content (AvgIpc) is 3.38. The largest absolute Gasteiger partial charge is 0.417 e. The zero-order valence-electron chi connectivity index (χ0n) is 24.0. The number of guanidine groups is 1. The summed E-state index contributed by atoms with van der Waals surface area (Å²) in [4.78, 5) is 9.45. The summed E-state index contributed by atoms with van der Waals surface area (Å²) in [5.74, 6) is -0.362. The van der Waals surface area contributed by atoms with Gasteiger partial charge in [-0.05, 0) is 62.3 Å². The topological polar surface area (TPSA) is 73.0 Å². The highest BCUT2D eigenvalue weighted by atomic mass is 19.4. The molecule has 1 aromatic carbocycles. The Labute approximate surface area is 243 Å². The van der Waals surface area contributed by atoms with Crippen LogP contribution in [-0.4, -0.2) is 65.9 Å². The standard InChI is InChI=1S/C27H34F9N7/c1-5-22(42-7-6-21(15-42)41(3)4)23-17(10-20(12-39-23)27(34,35)36)14-43(24(37)40-38-2)13-16-8-18(25(28,29)30)11-19(9-16)26(31,32)33/h8-12,21-22,38H,5-7,13-15H2,1-4H3,(H2,37,40)/t21-,22?/m1/s1. The van der Waals surface area contributed by atoms with E-state index in [2.05, 4.69) is 25.3 Å². The van der Waals surface area contributed by atoms with Crippen molar-refractivity contribution in [2.24, 2.45) is 10.8 Å². The van der Waals surface area contributed by atoms with Crippen LogP contribution in [0.4, 0.5) is 39.5 Å². The summed E-state index contributed by atoms with van der Waals surface area (Å²) in [5.41, 5.74) is 4.26. The van der Waals surface area contributed by atoms with Crippen molar-refractivity contribution in [1.29, 1.82) is 0 Å². The molecule has 16 heteroatoms. The van der Waals surface area contributed by atoms with Gasteiger partial charge in [0.1, 0.15) is 0 Å². The van der Waals surface area contributed by atoms with Gasteiger partial charge in [-0.25, -0.2) is 0 Å². The van der Waals surface area contributed by atoms with Gasteiger partial charge in [0.2, 0.25) is 5.96 Å². The summed E-state index contributed by atoms with van der Waals surface area (Å²) >= 11 is 0. The summed E-state index contributed by atoms with van der Waals surface area (Å²) in [6, 6.07) is 1.78. The lowest BCUT2D eigenvalue weighted by Crippen LogP contribution is -2.39. The maximum Gasteiger partial charge on any atom is 0.417 e. The normalized spacial score (nSPS) is 17.9. The van der Waals surface area contributed by atoms with Crippen molar-refractivity contribution < 1.29 is 39.5 Å². The Morgan fingerprint density at radius 3 is 2.02 bits per heavy atom. The molecule has 3 N–H and O–H groups in total. The van der Waals surface area contributed by atoms with Gasteiger partial charge in [-0.2, -0.15) is 39.5 Å². The number of nitrogens with one attached hydrogen (secondary N) is 1. The van der Waals surface area contributed by atoms with Gasteiger partial charge in [0.25, 0.3) is 0 Å². The number of hydrazone groups is 1. The minimum absolute atomic E-state index is 0.00337. The summed E-state index contributed by atoms with van der Waals surface area (Å²) in [5, 5.41) is 3.80. The van der Waals surface area contributed by atoms with Gasteiger partial charge in [0.15, 0.2) is 0 Å². The number of likely N-dealkylation sites (tertiary alicyclic amines) is 1. The molecule has 240 valence electrons. The molecule has 2 aromatic rings. The van der Waals surface area contributed by atoms with E-state index in [0.717, 1.165) is 23.6 Å². The van der Waals surface area contributed by atoms with Crippen LogP contribution in [0.3, 0.4) is 0 Å². The molecule has 2 heterocycles. The lowest BCUT2D eigenvalue weighted by atomic mass is 10.0. The van der Waals surface area contributed by atoms with E-state index in [9.17, 15) is 39.5 Å². The van der Waals surface area contributed by atoms with Gasteiger partial charge >= 0.3 is 18.5 Å². The van der Waals surface area contributed by atoms with Crippen LogP contribution >= 0.6 is 0 Å². The molecule has 0 bridgehead atoms. The van der Waals surface area contributed by atoms with Gasteiger partial charge in [-0.15, -0.1) is 5.10 Å². The van der Waals surface area contributed by atoms with Crippen LogP contribution in [0.5, 0.6) is 0 Å². The highest BCUT2D eigenvalue weighted by molar-refractivity contribution is 5.77. The summed E-state index contributed by atoms with van der Waals surface area (Å²) in [6.45, 7) is 2.09. The Morgan fingerprint density at radius 1 is 0.977 bits per heavy atom. The van der Waals surface area contributed by atoms with Crippen LogP contribution in [0.2, 0.25) is 0 Å². The van der Waals surface area contributed by atoms with Crippen LogP contribution in [0.15, 0.2) is 35.6 Å². The predicted molar refractivity (Wildman–Crippen MR) is 142 cm³/mol. The molecule has 0 amide bonds.